The Morgan fingerprint density at radius 2 is 2.00 bits per heavy atom. The van der Waals surface area contributed by atoms with E-state index in [0.717, 1.165) is 36.7 Å². The highest BCUT2D eigenvalue weighted by atomic mass is 32.2. The van der Waals surface area contributed by atoms with Gasteiger partial charge in [-0.1, -0.05) is 0 Å². The van der Waals surface area contributed by atoms with E-state index in [1.54, 1.807) is 11.8 Å². The molecule has 0 atom stereocenters. The molecule has 0 aliphatic carbocycles. The second-order valence-electron chi connectivity index (χ2n) is 5.09. The molecule has 0 radical (unpaired) electrons. The Hall–Kier alpha value is -1.30. The van der Waals surface area contributed by atoms with Crippen LogP contribution < -0.4 is 5.32 Å². The molecule has 0 aliphatic heterocycles. The maximum atomic E-state index is 5.82. The van der Waals surface area contributed by atoms with Crippen molar-refractivity contribution in [2.45, 2.75) is 18.4 Å². The topological polar surface area (TPSA) is 41.3 Å². The number of hydrogen-bond donors (Lipinski definition) is 1. The summed E-state index contributed by atoms with van der Waals surface area (Å²) in [6.07, 6.45) is 2.07. The quantitative estimate of drug-likeness (QED) is 0.796. The number of aromatic nitrogens is 1. The van der Waals surface area contributed by atoms with Crippen LogP contribution in [0.25, 0.3) is 11.5 Å². The van der Waals surface area contributed by atoms with Crippen molar-refractivity contribution in [1.82, 2.24) is 15.2 Å². The molecule has 5 heteroatoms. The molecule has 0 spiro atoms. The van der Waals surface area contributed by atoms with Crippen LogP contribution in [0, 0.1) is 6.92 Å². The van der Waals surface area contributed by atoms with Crippen molar-refractivity contribution >= 4 is 11.8 Å². The number of likely N-dealkylation sites (N-methyl/N-ethyl adjacent to an activating group) is 2. The molecule has 0 unspecified atom stereocenters. The minimum atomic E-state index is 0.706. The van der Waals surface area contributed by atoms with Gasteiger partial charge in [-0.3, -0.25) is 4.90 Å². The standard InChI is InChI=1S/C16H23N3OS/c1-12-15(11-19(3)10-9-17-2)18-16(20-12)13-5-7-14(21-4)8-6-13/h5-8,17H,9-11H2,1-4H3. The smallest absolute Gasteiger partial charge is 0.226 e. The predicted molar refractivity (Wildman–Crippen MR) is 88.7 cm³/mol. The Balaban J connectivity index is 2.10. The Bertz CT molecular complexity index is 565. The molecule has 1 aromatic carbocycles. The summed E-state index contributed by atoms with van der Waals surface area (Å²) in [5, 5.41) is 3.15. The highest BCUT2D eigenvalue weighted by Crippen LogP contribution is 2.24. The van der Waals surface area contributed by atoms with E-state index in [0.29, 0.717) is 5.89 Å². The molecule has 0 aliphatic rings. The molecule has 1 aromatic heterocycles. The van der Waals surface area contributed by atoms with E-state index in [9.17, 15) is 0 Å². The zero-order valence-corrected chi connectivity index (χ0v) is 14.0. The first-order chi connectivity index (χ1) is 10.1. The van der Waals surface area contributed by atoms with Gasteiger partial charge in [0.05, 0.1) is 5.69 Å². The minimum absolute atomic E-state index is 0.706. The largest absolute Gasteiger partial charge is 0.441 e. The van der Waals surface area contributed by atoms with E-state index in [1.165, 1.54) is 4.90 Å². The molecule has 2 rings (SSSR count). The highest BCUT2D eigenvalue weighted by molar-refractivity contribution is 7.98. The summed E-state index contributed by atoms with van der Waals surface area (Å²) in [4.78, 5) is 8.13. The van der Waals surface area contributed by atoms with E-state index in [2.05, 4.69) is 52.8 Å². The van der Waals surface area contributed by atoms with E-state index < -0.39 is 0 Å². The molecule has 1 heterocycles. The van der Waals surface area contributed by atoms with Gasteiger partial charge in [0.2, 0.25) is 5.89 Å². The molecule has 0 bridgehead atoms. The zero-order valence-electron chi connectivity index (χ0n) is 13.1. The van der Waals surface area contributed by atoms with Crippen LogP contribution in [0.3, 0.4) is 0 Å². The summed E-state index contributed by atoms with van der Waals surface area (Å²) in [5.74, 6) is 1.60. The number of rotatable bonds is 7. The van der Waals surface area contributed by atoms with Crippen LogP contribution in [-0.2, 0) is 6.54 Å². The second kappa shape index (κ2) is 7.64. The molecular formula is C16H23N3OS. The van der Waals surface area contributed by atoms with Crippen LogP contribution in [0.2, 0.25) is 0 Å². The van der Waals surface area contributed by atoms with Crippen molar-refractivity contribution in [2.75, 3.05) is 33.4 Å². The van der Waals surface area contributed by atoms with Crippen LogP contribution in [0.15, 0.2) is 33.6 Å². The van der Waals surface area contributed by atoms with Crippen molar-refractivity contribution < 1.29 is 4.42 Å². The van der Waals surface area contributed by atoms with Gasteiger partial charge in [-0.25, -0.2) is 4.98 Å². The normalized spacial score (nSPS) is 11.3. The summed E-state index contributed by atoms with van der Waals surface area (Å²) >= 11 is 1.73. The van der Waals surface area contributed by atoms with Crippen molar-refractivity contribution in [3.63, 3.8) is 0 Å². The molecule has 0 fully saturated rings. The van der Waals surface area contributed by atoms with Gasteiger partial charge < -0.3 is 9.73 Å². The highest BCUT2D eigenvalue weighted by Gasteiger charge is 2.13. The maximum Gasteiger partial charge on any atom is 0.226 e. The monoisotopic (exact) mass is 305 g/mol. The second-order valence-corrected chi connectivity index (χ2v) is 5.97. The number of hydrogen-bond acceptors (Lipinski definition) is 5. The third kappa shape index (κ3) is 4.33. The van der Waals surface area contributed by atoms with E-state index in [1.807, 2.05) is 14.0 Å². The van der Waals surface area contributed by atoms with Crippen molar-refractivity contribution in [3.05, 3.63) is 35.7 Å². The Morgan fingerprint density at radius 3 is 2.62 bits per heavy atom. The Labute approximate surface area is 130 Å². The van der Waals surface area contributed by atoms with Crippen LogP contribution >= 0.6 is 11.8 Å². The molecule has 0 saturated carbocycles. The van der Waals surface area contributed by atoms with Gasteiger partial charge in [0.15, 0.2) is 0 Å². The van der Waals surface area contributed by atoms with Gasteiger partial charge in [0.25, 0.3) is 0 Å². The molecule has 4 nitrogen and oxygen atoms in total. The van der Waals surface area contributed by atoms with Crippen molar-refractivity contribution in [3.8, 4) is 11.5 Å². The zero-order chi connectivity index (χ0) is 15.2. The molecule has 2 aromatic rings. The Kier molecular flexibility index (Phi) is 5.85. The number of aryl methyl sites for hydroxylation is 1. The average Bonchev–Trinajstić information content (AvgIpc) is 2.86. The lowest BCUT2D eigenvalue weighted by molar-refractivity contribution is 0.322. The number of nitrogens with one attached hydrogen (secondary N) is 1. The first-order valence-electron chi connectivity index (χ1n) is 7.08. The molecule has 21 heavy (non-hydrogen) atoms. The first-order valence-corrected chi connectivity index (χ1v) is 8.30. The van der Waals surface area contributed by atoms with Gasteiger partial charge in [-0.15, -0.1) is 11.8 Å². The van der Waals surface area contributed by atoms with Crippen molar-refractivity contribution in [2.24, 2.45) is 0 Å². The number of benzene rings is 1. The molecular weight excluding hydrogens is 282 g/mol. The van der Waals surface area contributed by atoms with Gasteiger partial charge in [0.1, 0.15) is 5.76 Å². The molecule has 114 valence electrons. The SMILES string of the molecule is CNCCN(C)Cc1nc(-c2ccc(SC)cc2)oc1C. The summed E-state index contributed by atoms with van der Waals surface area (Å²) < 4.78 is 5.82. The van der Waals surface area contributed by atoms with Gasteiger partial charge in [0, 0.05) is 30.1 Å². The fourth-order valence-corrected chi connectivity index (χ4v) is 2.48. The van der Waals surface area contributed by atoms with Gasteiger partial charge in [-0.2, -0.15) is 0 Å². The number of nitrogens with zero attached hydrogens (tertiary/aromatic N) is 2. The van der Waals surface area contributed by atoms with Crippen LogP contribution in [0.4, 0.5) is 0 Å². The summed E-state index contributed by atoms with van der Waals surface area (Å²) in [5.41, 5.74) is 2.04. The fraction of sp³-hybridized carbons (Fsp3) is 0.438. The third-order valence-corrected chi connectivity index (χ3v) is 4.14. The van der Waals surface area contributed by atoms with Gasteiger partial charge in [-0.05, 0) is 51.5 Å². The van der Waals surface area contributed by atoms with E-state index >= 15 is 0 Å². The lowest BCUT2D eigenvalue weighted by atomic mass is 10.2. The van der Waals surface area contributed by atoms with Crippen LogP contribution in [-0.4, -0.2) is 43.3 Å². The minimum Gasteiger partial charge on any atom is -0.441 e. The average molecular weight is 305 g/mol. The summed E-state index contributed by atoms with van der Waals surface area (Å²) in [7, 11) is 4.06. The number of thioether (sulfide) groups is 1. The lowest BCUT2D eigenvalue weighted by Gasteiger charge is -2.14. The maximum absolute atomic E-state index is 5.82. The van der Waals surface area contributed by atoms with Crippen LogP contribution in [0.1, 0.15) is 11.5 Å². The predicted octanol–water partition coefficient (Wildman–Crippen LogP) is 3.02. The van der Waals surface area contributed by atoms with E-state index in [4.69, 9.17) is 4.42 Å². The first kappa shape index (κ1) is 16.1. The molecule has 0 amide bonds. The Morgan fingerprint density at radius 1 is 1.29 bits per heavy atom. The third-order valence-electron chi connectivity index (χ3n) is 3.39. The molecule has 0 saturated heterocycles. The summed E-state index contributed by atoms with van der Waals surface area (Å²) in [6.45, 7) is 4.74. The number of oxazole rings is 1. The molecule has 1 N–H and O–H groups in total. The summed E-state index contributed by atoms with van der Waals surface area (Å²) in [6, 6.07) is 8.31. The lowest BCUT2D eigenvalue weighted by Crippen LogP contribution is -2.27. The van der Waals surface area contributed by atoms with E-state index in [-0.39, 0.29) is 0 Å². The van der Waals surface area contributed by atoms with Gasteiger partial charge >= 0.3 is 0 Å². The van der Waals surface area contributed by atoms with Crippen molar-refractivity contribution in [1.29, 1.82) is 0 Å². The van der Waals surface area contributed by atoms with Crippen LogP contribution in [0.5, 0.6) is 0 Å². The fourth-order valence-electron chi connectivity index (χ4n) is 2.07.